The van der Waals surface area contributed by atoms with E-state index < -0.39 is 0 Å². The van der Waals surface area contributed by atoms with Crippen molar-refractivity contribution in [3.05, 3.63) is 0 Å². The Bertz CT molecular complexity index is 230. The van der Waals surface area contributed by atoms with E-state index >= 15 is 0 Å². The van der Waals surface area contributed by atoms with Crippen LogP contribution in [0.4, 0.5) is 0 Å². The van der Waals surface area contributed by atoms with Crippen molar-refractivity contribution in [1.29, 1.82) is 0 Å². The van der Waals surface area contributed by atoms with Gasteiger partial charge in [-0.15, -0.1) is 0 Å². The predicted molar refractivity (Wildman–Crippen MR) is 56.0 cm³/mol. The molecule has 0 radical (unpaired) electrons. The Morgan fingerprint density at radius 1 is 1.50 bits per heavy atom. The van der Waals surface area contributed by atoms with E-state index in [2.05, 4.69) is 6.92 Å². The lowest BCUT2D eigenvalue weighted by Gasteiger charge is -2.29. The first-order chi connectivity index (χ1) is 6.57. The second kappa shape index (κ2) is 4.72. The van der Waals surface area contributed by atoms with Gasteiger partial charge >= 0.3 is 0 Å². The van der Waals surface area contributed by atoms with E-state index in [9.17, 15) is 9.59 Å². The summed E-state index contributed by atoms with van der Waals surface area (Å²) in [6.45, 7) is 5.84. The lowest BCUT2D eigenvalue weighted by atomic mass is 9.73. The average Bonchev–Trinajstić information content (AvgIpc) is 2.16. The zero-order chi connectivity index (χ0) is 10.7. The first kappa shape index (κ1) is 11.4. The fourth-order valence-electron chi connectivity index (χ4n) is 2.31. The van der Waals surface area contributed by atoms with Gasteiger partial charge in [-0.25, -0.2) is 0 Å². The molecule has 80 valence electrons. The monoisotopic (exact) mass is 196 g/mol. The van der Waals surface area contributed by atoms with Gasteiger partial charge in [0.1, 0.15) is 11.6 Å². The smallest absolute Gasteiger partial charge is 0.146 e. The maximum absolute atomic E-state index is 11.9. The molecule has 0 spiro atoms. The van der Waals surface area contributed by atoms with Crippen LogP contribution in [0.2, 0.25) is 0 Å². The molecule has 1 aliphatic carbocycles. The topological polar surface area (TPSA) is 34.1 Å². The van der Waals surface area contributed by atoms with Gasteiger partial charge in [-0.05, 0) is 18.8 Å². The summed E-state index contributed by atoms with van der Waals surface area (Å²) in [4.78, 5) is 23.5. The van der Waals surface area contributed by atoms with Crippen LogP contribution >= 0.6 is 0 Å². The van der Waals surface area contributed by atoms with E-state index in [4.69, 9.17) is 0 Å². The summed E-state index contributed by atoms with van der Waals surface area (Å²) in [5.41, 5.74) is 0. The van der Waals surface area contributed by atoms with Crippen LogP contribution in [0.5, 0.6) is 0 Å². The molecule has 0 N–H and O–H groups in total. The Labute approximate surface area is 86.1 Å². The number of ketones is 2. The molecular weight excluding hydrogens is 176 g/mol. The van der Waals surface area contributed by atoms with Gasteiger partial charge in [-0.1, -0.05) is 27.2 Å². The summed E-state index contributed by atoms with van der Waals surface area (Å²) in [6.07, 6.45) is 3.58. The van der Waals surface area contributed by atoms with Crippen LogP contribution in [0.3, 0.4) is 0 Å². The predicted octanol–water partition coefficient (Wildman–Crippen LogP) is 2.61. The average molecular weight is 196 g/mol. The quantitative estimate of drug-likeness (QED) is 0.650. The first-order valence-corrected chi connectivity index (χ1v) is 5.64. The Morgan fingerprint density at radius 2 is 2.14 bits per heavy atom. The highest BCUT2D eigenvalue weighted by atomic mass is 16.2. The van der Waals surface area contributed by atoms with Crippen LogP contribution < -0.4 is 0 Å². The molecule has 2 unspecified atom stereocenters. The van der Waals surface area contributed by atoms with Crippen LogP contribution in [0.1, 0.15) is 46.5 Å². The van der Waals surface area contributed by atoms with Crippen molar-refractivity contribution >= 4 is 11.6 Å². The molecule has 0 bridgehead atoms. The first-order valence-electron chi connectivity index (χ1n) is 5.64. The molecule has 1 saturated carbocycles. The molecule has 2 atom stereocenters. The van der Waals surface area contributed by atoms with Crippen molar-refractivity contribution in [2.75, 3.05) is 0 Å². The van der Waals surface area contributed by atoms with Gasteiger partial charge in [0.25, 0.3) is 0 Å². The highest BCUT2D eigenvalue weighted by Gasteiger charge is 2.36. The normalized spacial score (nSPS) is 28.1. The van der Waals surface area contributed by atoms with Crippen LogP contribution in [0.25, 0.3) is 0 Å². The van der Waals surface area contributed by atoms with Crippen LogP contribution in [0.15, 0.2) is 0 Å². The summed E-state index contributed by atoms with van der Waals surface area (Å²) in [5, 5.41) is 0. The third kappa shape index (κ3) is 2.23. The van der Waals surface area contributed by atoms with E-state index in [1.165, 1.54) is 0 Å². The second-order valence-electron chi connectivity index (χ2n) is 4.56. The number of carbonyl (C=O) groups is 2. The highest BCUT2D eigenvalue weighted by Crippen LogP contribution is 2.31. The van der Waals surface area contributed by atoms with E-state index in [1.54, 1.807) is 0 Å². The summed E-state index contributed by atoms with van der Waals surface area (Å²) >= 11 is 0. The fourth-order valence-corrected chi connectivity index (χ4v) is 2.31. The molecule has 14 heavy (non-hydrogen) atoms. The van der Waals surface area contributed by atoms with Gasteiger partial charge in [0.05, 0.1) is 5.92 Å². The molecule has 1 rings (SSSR count). The third-order valence-electron chi connectivity index (χ3n) is 3.22. The molecule has 0 aromatic carbocycles. The minimum atomic E-state index is -0.284. The molecular formula is C12H20O2. The molecule has 0 heterocycles. The summed E-state index contributed by atoms with van der Waals surface area (Å²) < 4.78 is 0. The minimum Gasteiger partial charge on any atom is -0.299 e. The minimum absolute atomic E-state index is 0.00361. The molecule has 0 aliphatic heterocycles. The van der Waals surface area contributed by atoms with Crippen molar-refractivity contribution < 1.29 is 9.59 Å². The zero-order valence-electron chi connectivity index (χ0n) is 9.38. The third-order valence-corrected chi connectivity index (χ3v) is 3.22. The van der Waals surface area contributed by atoms with E-state index in [0.717, 1.165) is 19.3 Å². The largest absolute Gasteiger partial charge is 0.299 e. The number of Topliss-reactive ketones (excluding diaryl/α,β-unsaturated/α-hetero) is 2. The Kier molecular flexibility index (Phi) is 3.85. The van der Waals surface area contributed by atoms with Gasteiger partial charge in [0, 0.05) is 12.3 Å². The van der Waals surface area contributed by atoms with Gasteiger partial charge in [0.2, 0.25) is 0 Å². The Balaban J connectivity index is 2.78. The zero-order valence-corrected chi connectivity index (χ0v) is 9.38. The van der Waals surface area contributed by atoms with Crippen molar-refractivity contribution in [2.45, 2.75) is 46.5 Å². The lowest BCUT2D eigenvalue weighted by Crippen LogP contribution is -2.36. The number of hydrogen-bond donors (Lipinski definition) is 0. The second-order valence-corrected chi connectivity index (χ2v) is 4.56. The van der Waals surface area contributed by atoms with E-state index in [-0.39, 0.29) is 23.4 Å². The fraction of sp³-hybridized carbons (Fsp3) is 0.833. The van der Waals surface area contributed by atoms with Crippen LogP contribution in [-0.4, -0.2) is 11.6 Å². The molecule has 0 saturated heterocycles. The van der Waals surface area contributed by atoms with Crippen molar-refractivity contribution in [1.82, 2.24) is 0 Å². The molecule has 0 amide bonds. The van der Waals surface area contributed by atoms with Crippen LogP contribution in [-0.2, 0) is 9.59 Å². The van der Waals surface area contributed by atoms with Gasteiger partial charge in [-0.2, -0.15) is 0 Å². The highest BCUT2D eigenvalue weighted by molar-refractivity contribution is 6.03. The molecule has 2 heteroatoms. The number of hydrogen-bond acceptors (Lipinski definition) is 2. The molecule has 1 aliphatic rings. The lowest BCUT2D eigenvalue weighted by molar-refractivity contribution is -0.138. The van der Waals surface area contributed by atoms with Gasteiger partial charge in [-0.3, -0.25) is 9.59 Å². The van der Waals surface area contributed by atoms with Crippen LogP contribution in [0, 0.1) is 17.8 Å². The Morgan fingerprint density at radius 3 is 2.64 bits per heavy atom. The van der Waals surface area contributed by atoms with Crippen molar-refractivity contribution in [3.8, 4) is 0 Å². The SMILES string of the molecule is CCC1CCCC(=O)C1C(=O)C(C)C. The number of carbonyl (C=O) groups excluding carboxylic acids is 2. The maximum atomic E-state index is 11.9. The van der Waals surface area contributed by atoms with Crippen molar-refractivity contribution in [3.63, 3.8) is 0 Å². The van der Waals surface area contributed by atoms with Crippen molar-refractivity contribution in [2.24, 2.45) is 17.8 Å². The van der Waals surface area contributed by atoms with Gasteiger partial charge < -0.3 is 0 Å². The molecule has 1 fully saturated rings. The molecule has 2 nitrogen and oxygen atoms in total. The maximum Gasteiger partial charge on any atom is 0.146 e. The molecule has 0 aromatic heterocycles. The summed E-state index contributed by atoms with van der Waals surface area (Å²) in [5.74, 6) is 0.361. The van der Waals surface area contributed by atoms with E-state index in [0.29, 0.717) is 12.3 Å². The van der Waals surface area contributed by atoms with Gasteiger partial charge in [0.15, 0.2) is 0 Å². The number of rotatable bonds is 3. The summed E-state index contributed by atoms with van der Waals surface area (Å²) in [6, 6.07) is 0. The standard InChI is InChI=1S/C12H20O2/c1-4-9-6-5-7-10(13)11(9)12(14)8(2)3/h8-9,11H,4-7H2,1-3H3. The molecule has 0 aromatic rings. The van der Waals surface area contributed by atoms with E-state index in [1.807, 2.05) is 13.8 Å². The summed E-state index contributed by atoms with van der Waals surface area (Å²) in [7, 11) is 0. The Hall–Kier alpha value is -0.660.